The van der Waals surface area contributed by atoms with E-state index in [-0.39, 0.29) is 5.91 Å². The van der Waals surface area contributed by atoms with Gasteiger partial charge >= 0.3 is 0 Å². The first-order chi connectivity index (χ1) is 11.1. The first-order valence-corrected chi connectivity index (χ1v) is 7.76. The Hall–Kier alpha value is -2.56. The van der Waals surface area contributed by atoms with Crippen LogP contribution in [0.4, 0.5) is 11.4 Å². The minimum absolute atomic E-state index is 0.0468. The summed E-state index contributed by atoms with van der Waals surface area (Å²) in [6.45, 7) is 2.86. The van der Waals surface area contributed by atoms with Crippen LogP contribution in [0.2, 0.25) is 0 Å². The molecular formula is C18H23N3O2. The molecule has 1 aromatic carbocycles. The second-order valence-corrected chi connectivity index (χ2v) is 5.37. The zero-order valence-electron chi connectivity index (χ0n) is 13.9. The van der Waals surface area contributed by atoms with Crippen molar-refractivity contribution < 1.29 is 9.53 Å². The van der Waals surface area contributed by atoms with Crippen molar-refractivity contribution in [2.75, 3.05) is 26.0 Å². The number of nitrogens with zero attached hydrogens (tertiary/aromatic N) is 2. The first kappa shape index (κ1) is 16.8. The number of anilines is 2. The maximum absolute atomic E-state index is 12.2. The fourth-order valence-corrected chi connectivity index (χ4v) is 2.13. The molecule has 0 aliphatic carbocycles. The van der Waals surface area contributed by atoms with Crippen LogP contribution in [0.25, 0.3) is 0 Å². The molecule has 0 unspecified atom stereocenters. The highest BCUT2D eigenvalue weighted by Gasteiger charge is 2.12. The normalized spacial score (nSPS) is 10.2. The third-order valence-corrected chi connectivity index (χ3v) is 3.56. The van der Waals surface area contributed by atoms with Crippen molar-refractivity contribution in [1.82, 2.24) is 9.88 Å². The highest BCUT2D eigenvalue weighted by molar-refractivity contribution is 5.92. The van der Waals surface area contributed by atoms with Crippen LogP contribution in [0.1, 0.15) is 30.3 Å². The Morgan fingerprint density at radius 3 is 2.43 bits per heavy atom. The average Bonchev–Trinajstić information content (AvgIpc) is 2.60. The average molecular weight is 313 g/mol. The maximum Gasteiger partial charge on any atom is 0.272 e. The molecule has 1 heterocycles. The Balaban J connectivity index is 1.99. The number of benzene rings is 1. The van der Waals surface area contributed by atoms with Crippen LogP contribution in [0.5, 0.6) is 5.75 Å². The third kappa shape index (κ3) is 4.71. The molecule has 2 rings (SSSR count). The molecule has 0 saturated carbocycles. The summed E-state index contributed by atoms with van der Waals surface area (Å²) in [5, 5.41) is 3.24. The van der Waals surface area contributed by atoms with E-state index in [9.17, 15) is 4.79 Å². The van der Waals surface area contributed by atoms with Gasteiger partial charge in [0.2, 0.25) is 0 Å². The predicted molar refractivity (Wildman–Crippen MR) is 92.4 cm³/mol. The van der Waals surface area contributed by atoms with Gasteiger partial charge in [0.15, 0.2) is 0 Å². The molecule has 0 saturated heterocycles. The zero-order valence-corrected chi connectivity index (χ0v) is 13.9. The van der Waals surface area contributed by atoms with Crippen molar-refractivity contribution in [3.63, 3.8) is 0 Å². The summed E-state index contributed by atoms with van der Waals surface area (Å²) in [5.41, 5.74) is 2.23. The number of ether oxygens (including phenoxy) is 1. The molecule has 0 radical (unpaired) electrons. The molecule has 5 nitrogen and oxygen atoms in total. The second kappa shape index (κ2) is 8.17. The smallest absolute Gasteiger partial charge is 0.272 e. The summed E-state index contributed by atoms with van der Waals surface area (Å²) in [5.74, 6) is 0.763. The summed E-state index contributed by atoms with van der Waals surface area (Å²) >= 11 is 0. The number of carbonyl (C=O) groups is 1. The highest BCUT2D eigenvalue weighted by atomic mass is 16.5. The molecule has 0 fully saturated rings. The largest absolute Gasteiger partial charge is 0.497 e. The summed E-state index contributed by atoms with van der Waals surface area (Å²) < 4.78 is 5.13. The van der Waals surface area contributed by atoms with Gasteiger partial charge in [0, 0.05) is 19.3 Å². The highest BCUT2D eigenvalue weighted by Crippen LogP contribution is 2.19. The van der Waals surface area contributed by atoms with Crippen LogP contribution in [-0.4, -0.2) is 36.5 Å². The van der Waals surface area contributed by atoms with Crippen molar-refractivity contribution in [2.24, 2.45) is 0 Å². The number of nitrogens with one attached hydrogen (secondary N) is 1. The number of hydrogen-bond donors (Lipinski definition) is 1. The Morgan fingerprint density at radius 1 is 1.17 bits per heavy atom. The van der Waals surface area contributed by atoms with Crippen LogP contribution in [0, 0.1) is 0 Å². The number of methoxy groups -OCH3 is 1. The molecule has 122 valence electrons. The van der Waals surface area contributed by atoms with E-state index in [4.69, 9.17) is 4.74 Å². The number of unbranched alkanes of at least 4 members (excludes halogenated alkanes) is 1. The van der Waals surface area contributed by atoms with Crippen molar-refractivity contribution in [3.8, 4) is 5.75 Å². The van der Waals surface area contributed by atoms with E-state index in [1.54, 1.807) is 24.3 Å². The van der Waals surface area contributed by atoms with Gasteiger partial charge in [-0.15, -0.1) is 0 Å². The Morgan fingerprint density at radius 2 is 1.87 bits per heavy atom. The van der Waals surface area contributed by atoms with Crippen LogP contribution in [0.15, 0.2) is 42.6 Å². The van der Waals surface area contributed by atoms with Gasteiger partial charge < -0.3 is 15.0 Å². The molecule has 0 atom stereocenters. The Kier molecular flexibility index (Phi) is 5.97. The molecular weight excluding hydrogens is 290 g/mol. The number of rotatable bonds is 7. The molecule has 1 aromatic heterocycles. The van der Waals surface area contributed by atoms with E-state index in [0.29, 0.717) is 5.69 Å². The van der Waals surface area contributed by atoms with E-state index >= 15 is 0 Å². The van der Waals surface area contributed by atoms with E-state index in [2.05, 4.69) is 17.2 Å². The lowest BCUT2D eigenvalue weighted by atomic mass is 10.2. The third-order valence-electron chi connectivity index (χ3n) is 3.56. The maximum atomic E-state index is 12.2. The van der Waals surface area contributed by atoms with Gasteiger partial charge in [0.25, 0.3) is 5.91 Å². The lowest BCUT2D eigenvalue weighted by Gasteiger charge is -2.16. The van der Waals surface area contributed by atoms with Crippen molar-refractivity contribution in [2.45, 2.75) is 19.8 Å². The molecule has 0 bridgehead atoms. The number of aromatic nitrogens is 1. The molecule has 5 heteroatoms. The van der Waals surface area contributed by atoms with E-state index < -0.39 is 0 Å². The van der Waals surface area contributed by atoms with Crippen LogP contribution in [-0.2, 0) is 0 Å². The molecule has 0 aliphatic heterocycles. The van der Waals surface area contributed by atoms with Crippen LogP contribution in [0.3, 0.4) is 0 Å². The predicted octanol–water partition coefficient (Wildman–Crippen LogP) is 3.71. The van der Waals surface area contributed by atoms with E-state index in [1.165, 1.54) is 0 Å². The first-order valence-electron chi connectivity index (χ1n) is 7.76. The van der Waals surface area contributed by atoms with Crippen molar-refractivity contribution >= 4 is 17.3 Å². The minimum atomic E-state index is -0.0468. The molecule has 0 spiro atoms. The van der Waals surface area contributed by atoms with Gasteiger partial charge in [0.1, 0.15) is 11.4 Å². The van der Waals surface area contributed by atoms with Gasteiger partial charge in [0.05, 0.1) is 19.0 Å². The van der Waals surface area contributed by atoms with Crippen molar-refractivity contribution in [1.29, 1.82) is 0 Å². The van der Waals surface area contributed by atoms with E-state index in [1.807, 2.05) is 37.4 Å². The second-order valence-electron chi connectivity index (χ2n) is 5.37. The van der Waals surface area contributed by atoms with Crippen molar-refractivity contribution in [3.05, 3.63) is 48.3 Å². The topological polar surface area (TPSA) is 54.5 Å². The van der Waals surface area contributed by atoms with Gasteiger partial charge in [-0.05, 0) is 42.8 Å². The number of hydrogen-bond acceptors (Lipinski definition) is 4. The number of carbonyl (C=O) groups excluding carboxylic acids is 1. The van der Waals surface area contributed by atoms with Gasteiger partial charge in [-0.3, -0.25) is 4.79 Å². The van der Waals surface area contributed by atoms with Crippen LogP contribution >= 0.6 is 0 Å². The molecule has 1 N–H and O–H groups in total. The molecule has 0 aliphatic rings. The van der Waals surface area contributed by atoms with Gasteiger partial charge in [-0.25, -0.2) is 4.98 Å². The van der Waals surface area contributed by atoms with Crippen LogP contribution < -0.4 is 10.1 Å². The fraction of sp³-hybridized carbons (Fsp3) is 0.333. The lowest BCUT2D eigenvalue weighted by molar-refractivity contribution is 0.0787. The zero-order chi connectivity index (χ0) is 16.7. The summed E-state index contributed by atoms with van der Waals surface area (Å²) in [4.78, 5) is 18.2. The molecule has 1 amide bonds. The molecule has 2 aromatic rings. The molecule has 23 heavy (non-hydrogen) atoms. The lowest BCUT2D eigenvalue weighted by Crippen LogP contribution is -2.28. The number of amides is 1. The van der Waals surface area contributed by atoms with Gasteiger partial charge in [-0.1, -0.05) is 13.3 Å². The minimum Gasteiger partial charge on any atom is -0.497 e. The summed E-state index contributed by atoms with van der Waals surface area (Å²) in [6, 6.07) is 11.2. The Bertz CT molecular complexity index is 624. The summed E-state index contributed by atoms with van der Waals surface area (Å²) in [7, 11) is 3.45. The Labute approximate surface area is 137 Å². The standard InChI is InChI=1S/C18H23N3O2/c1-4-5-12-21(2)18(22)17-11-8-15(13-19-17)20-14-6-9-16(23-3)10-7-14/h6-11,13,20H,4-5,12H2,1-3H3. The fourth-order valence-electron chi connectivity index (χ4n) is 2.13. The SMILES string of the molecule is CCCCN(C)C(=O)c1ccc(Nc2ccc(OC)cc2)cn1. The number of pyridine rings is 1. The van der Waals surface area contributed by atoms with E-state index in [0.717, 1.165) is 36.5 Å². The van der Waals surface area contributed by atoms with Gasteiger partial charge in [-0.2, -0.15) is 0 Å². The quantitative estimate of drug-likeness (QED) is 0.846. The summed E-state index contributed by atoms with van der Waals surface area (Å²) in [6.07, 6.45) is 3.74. The monoisotopic (exact) mass is 313 g/mol.